The van der Waals surface area contributed by atoms with E-state index in [1.54, 1.807) is 19.1 Å². The molecule has 7 nitrogen and oxygen atoms in total. The molecule has 1 atom stereocenters. The predicted molar refractivity (Wildman–Crippen MR) is 144 cm³/mol. The van der Waals surface area contributed by atoms with E-state index in [9.17, 15) is 18.0 Å². The lowest BCUT2D eigenvalue weighted by molar-refractivity contribution is -0.139. The van der Waals surface area contributed by atoms with Gasteiger partial charge in [0.05, 0.1) is 11.9 Å². The molecule has 0 bridgehead atoms. The summed E-state index contributed by atoms with van der Waals surface area (Å²) in [4.78, 5) is 28.4. The third-order valence-electron chi connectivity index (χ3n) is 6.91. The monoisotopic (exact) mass is 513 g/mol. The van der Waals surface area contributed by atoms with Gasteiger partial charge in [-0.1, -0.05) is 74.2 Å². The van der Waals surface area contributed by atoms with Crippen molar-refractivity contribution in [2.75, 3.05) is 17.1 Å². The van der Waals surface area contributed by atoms with E-state index < -0.39 is 22.0 Å². The lowest BCUT2D eigenvalue weighted by Crippen LogP contribution is -2.53. The number of hydrogen-bond acceptors (Lipinski definition) is 4. The summed E-state index contributed by atoms with van der Waals surface area (Å²) < 4.78 is 26.7. The van der Waals surface area contributed by atoms with Crippen molar-refractivity contribution in [1.82, 2.24) is 10.2 Å². The third-order valence-corrected chi connectivity index (χ3v) is 8.04. The van der Waals surface area contributed by atoms with Crippen molar-refractivity contribution < 1.29 is 18.0 Å². The van der Waals surface area contributed by atoms with Crippen LogP contribution in [0.1, 0.15) is 62.6 Å². The van der Waals surface area contributed by atoms with Crippen LogP contribution in [0.15, 0.2) is 48.5 Å². The van der Waals surface area contributed by atoms with Gasteiger partial charge in [-0.15, -0.1) is 0 Å². The van der Waals surface area contributed by atoms with Crippen molar-refractivity contribution >= 4 is 27.5 Å². The number of para-hydroxylation sites is 1. The molecule has 0 spiro atoms. The molecule has 1 N–H and O–H groups in total. The SMILES string of the molecule is CCc1ccccc1N(CC(=O)N(Cc1ccc(C)cc1)[C@@H](C)C(=O)NC1CCCCC1)S(C)(=O)=O. The van der Waals surface area contributed by atoms with E-state index in [1.165, 1.54) is 11.3 Å². The minimum absolute atomic E-state index is 0.119. The summed E-state index contributed by atoms with van der Waals surface area (Å²) in [5.41, 5.74) is 3.31. The highest BCUT2D eigenvalue weighted by Gasteiger charge is 2.31. The fraction of sp³-hybridized carbons (Fsp3) is 0.500. The number of carbonyl (C=O) groups is 2. The average molecular weight is 514 g/mol. The largest absolute Gasteiger partial charge is 0.352 e. The standard InChI is InChI=1S/C28H39N3O4S/c1-5-24-11-9-10-14-26(24)31(36(4,34)35)20-27(32)30(19-23-17-15-21(2)16-18-23)22(3)28(33)29-25-12-7-6-8-13-25/h9-11,14-18,22,25H,5-8,12-13,19-20H2,1-4H3,(H,29,33)/t22-/m0/s1. The third kappa shape index (κ3) is 7.32. The molecule has 8 heteroatoms. The van der Waals surface area contributed by atoms with Crippen molar-refractivity contribution in [1.29, 1.82) is 0 Å². The van der Waals surface area contributed by atoms with Crippen molar-refractivity contribution in [3.8, 4) is 0 Å². The first kappa shape index (κ1) is 27.7. The predicted octanol–water partition coefficient (Wildman–Crippen LogP) is 4.19. The fourth-order valence-electron chi connectivity index (χ4n) is 4.69. The summed E-state index contributed by atoms with van der Waals surface area (Å²) >= 11 is 0. The highest BCUT2D eigenvalue weighted by Crippen LogP contribution is 2.24. The van der Waals surface area contributed by atoms with Gasteiger partial charge < -0.3 is 10.2 Å². The van der Waals surface area contributed by atoms with Crippen molar-refractivity contribution in [3.63, 3.8) is 0 Å². The molecule has 2 amide bonds. The summed E-state index contributed by atoms with van der Waals surface area (Å²) in [5.74, 6) is -0.625. The Morgan fingerprint density at radius 2 is 1.67 bits per heavy atom. The quantitative estimate of drug-likeness (QED) is 0.516. The van der Waals surface area contributed by atoms with Crippen LogP contribution in [0.3, 0.4) is 0 Å². The van der Waals surface area contributed by atoms with Gasteiger partial charge in [0.15, 0.2) is 0 Å². The van der Waals surface area contributed by atoms with Crippen LogP contribution >= 0.6 is 0 Å². The molecule has 0 saturated heterocycles. The molecule has 0 unspecified atom stereocenters. The minimum atomic E-state index is -3.74. The Morgan fingerprint density at radius 3 is 2.28 bits per heavy atom. The molecular formula is C28H39N3O4S. The number of sulfonamides is 1. The van der Waals surface area contributed by atoms with Gasteiger partial charge in [0.2, 0.25) is 21.8 Å². The van der Waals surface area contributed by atoms with E-state index in [0.717, 1.165) is 52.9 Å². The molecule has 1 aliphatic rings. The molecule has 36 heavy (non-hydrogen) atoms. The number of nitrogens with one attached hydrogen (secondary N) is 1. The van der Waals surface area contributed by atoms with Crippen LogP contribution in [0.25, 0.3) is 0 Å². The van der Waals surface area contributed by atoms with Gasteiger partial charge in [-0.25, -0.2) is 8.42 Å². The molecule has 0 aliphatic heterocycles. The van der Waals surface area contributed by atoms with Gasteiger partial charge in [0.25, 0.3) is 0 Å². The van der Waals surface area contributed by atoms with E-state index in [4.69, 9.17) is 0 Å². The maximum Gasteiger partial charge on any atom is 0.244 e. The Labute approximate surface area is 215 Å². The van der Waals surface area contributed by atoms with Crippen molar-refractivity contribution in [2.45, 2.75) is 77.9 Å². The van der Waals surface area contributed by atoms with Crippen molar-refractivity contribution in [3.05, 3.63) is 65.2 Å². The molecule has 1 aliphatic carbocycles. The number of rotatable bonds is 10. The number of amides is 2. The Kier molecular flexibility index (Phi) is 9.54. The second-order valence-corrected chi connectivity index (χ2v) is 11.7. The Morgan fingerprint density at radius 1 is 1.03 bits per heavy atom. The maximum absolute atomic E-state index is 13.7. The molecule has 0 heterocycles. The Hall–Kier alpha value is -2.87. The molecular weight excluding hydrogens is 474 g/mol. The second-order valence-electron chi connectivity index (χ2n) is 9.78. The molecule has 1 fully saturated rings. The number of nitrogens with zero attached hydrogens (tertiary/aromatic N) is 2. The van der Waals surface area contributed by atoms with Crippen LogP contribution in [0, 0.1) is 6.92 Å². The van der Waals surface area contributed by atoms with Crippen LogP contribution in [0.5, 0.6) is 0 Å². The molecule has 0 radical (unpaired) electrons. The van der Waals surface area contributed by atoms with E-state index in [0.29, 0.717) is 12.1 Å². The first-order chi connectivity index (χ1) is 17.1. The molecule has 1 saturated carbocycles. The van der Waals surface area contributed by atoms with Gasteiger partial charge in [-0.05, 0) is 50.3 Å². The van der Waals surface area contributed by atoms with Gasteiger partial charge in [0, 0.05) is 12.6 Å². The number of anilines is 1. The lowest BCUT2D eigenvalue weighted by atomic mass is 9.95. The summed E-state index contributed by atoms with van der Waals surface area (Å²) in [7, 11) is -3.74. The van der Waals surface area contributed by atoms with Gasteiger partial charge in [-0.2, -0.15) is 0 Å². The zero-order chi connectivity index (χ0) is 26.3. The average Bonchev–Trinajstić information content (AvgIpc) is 2.86. The zero-order valence-corrected chi connectivity index (χ0v) is 22.7. The molecule has 3 rings (SSSR count). The number of benzene rings is 2. The van der Waals surface area contributed by atoms with Gasteiger partial charge in [-0.3, -0.25) is 13.9 Å². The summed E-state index contributed by atoms with van der Waals surface area (Å²) in [6.07, 6.45) is 6.98. The summed E-state index contributed by atoms with van der Waals surface area (Å²) in [5, 5.41) is 3.12. The van der Waals surface area contributed by atoms with E-state index in [1.807, 2.05) is 50.2 Å². The summed E-state index contributed by atoms with van der Waals surface area (Å²) in [6, 6.07) is 14.4. The Balaban J connectivity index is 1.89. The zero-order valence-electron chi connectivity index (χ0n) is 21.9. The summed E-state index contributed by atoms with van der Waals surface area (Å²) in [6.45, 7) is 5.49. The van der Waals surface area contributed by atoms with Crippen LogP contribution in [0.4, 0.5) is 5.69 Å². The van der Waals surface area contributed by atoms with Crippen molar-refractivity contribution in [2.24, 2.45) is 0 Å². The smallest absolute Gasteiger partial charge is 0.244 e. The van der Waals surface area contributed by atoms with E-state index in [-0.39, 0.29) is 25.0 Å². The van der Waals surface area contributed by atoms with Crippen LogP contribution in [-0.4, -0.2) is 50.0 Å². The van der Waals surface area contributed by atoms with Crippen LogP contribution in [-0.2, 0) is 32.6 Å². The van der Waals surface area contributed by atoms with E-state index >= 15 is 0 Å². The molecule has 2 aromatic rings. The highest BCUT2D eigenvalue weighted by molar-refractivity contribution is 7.92. The normalized spacial score (nSPS) is 15.2. The van der Waals surface area contributed by atoms with Gasteiger partial charge >= 0.3 is 0 Å². The van der Waals surface area contributed by atoms with Gasteiger partial charge in [0.1, 0.15) is 12.6 Å². The van der Waals surface area contributed by atoms with Crippen LogP contribution in [0.2, 0.25) is 0 Å². The molecule has 2 aromatic carbocycles. The first-order valence-electron chi connectivity index (χ1n) is 12.8. The van der Waals surface area contributed by atoms with Crippen LogP contribution < -0.4 is 9.62 Å². The number of carbonyl (C=O) groups excluding carboxylic acids is 2. The second kappa shape index (κ2) is 12.4. The molecule has 0 aromatic heterocycles. The maximum atomic E-state index is 13.7. The minimum Gasteiger partial charge on any atom is -0.352 e. The fourth-order valence-corrected chi connectivity index (χ4v) is 5.57. The first-order valence-corrected chi connectivity index (χ1v) is 14.7. The number of hydrogen-bond donors (Lipinski definition) is 1. The highest BCUT2D eigenvalue weighted by atomic mass is 32.2. The topological polar surface area (TPSA) is 86.8 Å². The molecule has 196 valence electrons. The lowest BCUT2D eigenvalue weighted by Gasteiger charge is -2.33. The van der Waals surface area contributed by atoms with E-state index in [2.05, 4.69) is 5.32 Å². The Bertz CT molecular complexity index is 1140. The number of aryl methyl sites for hydroxylation is 2.